The van der Waals surface area contributed by atoms with Crippen molar-refractivity contribution in [3.8, 4) is 0 Å². The summed E-state index contributed by atoms with van der Waals surface area (Å²) in [7, 11) is 3.34. The van der Waals surface area contributed by atoms with Crippen LogP contribution in [0.3, 0.4) is 0 Å². The molecule has 5 heteroatoms. The molecule has 1 unspecified atom stereocenters. The van der Waals surface area contributed by atoms with E-state index in [1.165, 1.54) is 26.4 Å². The number of nitrogens with zero attached hydrogens (tertiary/aromatic N) is 1. The molecular weight excluding hydrogens is 216 g/mol. The number of hydrogen-bond acceptors (Lipinski definition) is 3. The second kappa shape index (κ2) is 7.04. The maximum absolute atomic E-state index is 11.7. The van der Waals surface area contributed by atoms with Crippen molar-refractivity contribution in [2.24, 2.45) is 11.7 Å². The number of halogens is 1. The third-order valence-corrected chi connectivity index (χ3v) is 2.91. The second-order valence-corrected chi connectivity index (χ2v) is 3.98. The molecule has 0 aromatic carbocycles. The average Bonchev–Trinajstić information content (AvgIpc) is 2.12. The van der Waals surface area contributed by atoms with E-state index in [0.717, 1.165) is 6.54 Å². The van der Waals surface area contributed by atoms with Crippen molar-refractivity contribution in [3.63, 3.8) is 0 Å². The highest BCUT2D eigenvalue weighted by Crippen LogP contribution is 2.26. The third kappa shape index (κ3) is 3.97. The van der Waals surface area contributed by atoms with Crippen LogP contribution >= 0.6 is 12.4 Å². The van der Waals surface area contributed by atoms with Gasteiger partial charge >= 0.3 is 0 Å². The van der Waals surface area contributed by atoms with Crippen molar-refractivity contribution in [2.45, 2.75) is 25.4 Å². The SMILES string of the molecule is COC(CN)C(=O)N(C)CC1CCC1.Cl. The molecule has 0 aromatic rings. The maximum atomic E-state index is 11.7. The molecule has 1 aliphatic carbocycles. The van der Waals surface area contributed by atoms with Crippen LogP contribution in [-0.4, -0.2) is 44.2 Å². The van der Waals surface area contributed by atoms with E-state index in [9.17, 15) is 4.79 Å². The van der Waals surface area contributed by atoms with Gasteiger partial charge in [-0.3, -0.25) is 4.79 Å². The van der Waals surface area contributed by atoms with Crippen LogP contribution < -0.4 is 5.73 Å². The zero-order valence-corrected chi connectivity index (χ0v) is 10.3. The fourth-order valence-corrected chi connectivity index (χ4v) is 1.70. The van der Waals surface area contributed by atoms with E-state index >= 15 is 0 Å². The Kier molecular flexibility index (Phi) is 6.89. The van der Waals surface area contributed by atoms with Crippen LogP contribution in [0.2, 0.25) is 0 Å². The van der Waals surface area contributed by atoms with E-state index in [2.05, 4.69) is 0 Å². The first kappa shape index (κ1) is 14.7. The molecule has 0 bridgehead atoms. The lowest BCUT2D eigenvalue weighted by atomic mass is 9.85. The summed E-state index contributed by atoms with van der Waals surface area (Å²) in [5.41, 5.74) is 5.43. The lowest BCUT2D eigenvalue weighted by Gasteiger charge is -2.31. The van der Waals surface area contributed by atoms with Crippen LogP contribution in [0.25, 0.3) is 0 Å². The monoisotopic (exact) mass is 236 g/mol. The Morgan fingerprint density at radius 2 is 2.20 bits per heavy atom. The Labute approximate surface area is 97.5 Å². The van der Waals surface area contributed by atoms with Gasteiger partial charge in [-0.15, -0.1) is 12.4 Å². The number of amides is 1. The highest BCUT2D eigenvalue weighted by molar-refractivity contribution is 5.85. The van der Waals surface area contributed by atoms with Gasteiger partial charge in [-0.25, -0.2) is 0 Å². The first-order valence-corrected chi connectivity index (χ1v) is 5.17. The van der Waals surface area contributed by atoms with Gasteiger partial charge in [-0.2, -0.15) is 0 Å². The van der Waals surface area contributed by atoms with E-state index in [-0.39, 0.29) is 24.9 Å². The smallest absolute Gasteiger partial charge is 0.252 e. The molecule has 0 radical (unpaired) electrons. The topological polar surface area (TPSA) is 55.6 Å². The number of nitrogens with two attached hydrogens (primary N) is 1. The molecular formula is C10H21ClN2O2. The van der Waals surface area contributed by atoms with Crippen molar-refractivity contribution in [3.05, 3.63) is 0 Å². The van der Waals surface area contributed by atoms with Gasteiger partial charge in [0.25, 0.3) is 5.91 Å². The fraction of sp³-hybridized carbons (Fsp3) is 0.900. The zero-order valence-electron chi connectivity index (χ0n) is 9.44. The maximum Gasteiger partial charge on any atom is 0.252 e. The first-order valence-electron chi connectivity index (χ1n) is 5.17. The molecule has 0 saturated heterocycles. The largest absolute Gasteiger partial charge is 0.370 e. The number of ether oxygens (including phenoxy) is 1. The summed E-state index contributed by atoms with van der Waals surface area (Å²) in [6.07, 6.45) is 3.33. The third-order valence-electron chi connectivity index (χ3n) is 2.91. The van der Waals surface area contributed by atoms with Crippen LogP contribution in [0.1, 0.15) is 19.3 Å². The minimum Gasteiger partial charge on any atom is -0.370 e. The Bertz CT molecular complexity index is 194. The predicted octanol–water partition coefficient (Wildman–Crippen LogP) is 0.640. The summed E-state index contributed by atoms with van der Waals surface area (Å²) in [6.45, 7) is 1.10. The highest BCUT2D eigenvalue weighted by atomic mass is 35.5. The molecule has 90 valence electrons. The molecule has 1 aliphatic rings. The molecule has 0 heterocycles. The first-order chi connectivity index (χ1) is 6.69. The second-order valence-electron chi connectivity index (χ2n) is 3.98. The van der Waals surface area contributed by atoms with Crippen LogP contribution in [0.15, 0.2) is 0 Å². The van der Waals surface area contributed by atoms with Gasteiger partial charge in [0.2, 0.25) is 0 Å². The molecule has 1 saturated carbocycles. The number of methoxy groups -OCH3 is 1. The number of carbonyl (C=O) groups is 1. The van der Waals surface area contributed by atoms with E-state index in [1.54, 1.807) is 4.90 Å². The number of likely N-dealkylation sites (N-methyl/N-ethyl adjacent to an activating group) is 1. The summed E-state index contributed by atoms with van der Waals surface area (Å²) in [5.74, 6) is 0.695. The van der Waals surface area contributed by atoms with Crippen molar-refractivity contribution >= 4 is 18.3 Å². The highest BCUT2D eigenvalue weighted by Gasteiger charge is 2.25. The van der Waals surface area contributed by atoms with Crippen molar-refractivity contribution in [1.29, 1.82) is 0 Å². The average molecular weight is 237 g/mol. The summed E-state index contributed by atoms with van der Waals surface area (Å²) in [6, 6.07) is 0. The van der Waals surface area contributed by atoms with Crippen molar-refractivity contribution in [2.75, 3.05) is 27.2 Å². The summed E-state index contributed by atoms with van der Waals surface area (Å²) in [4.78, 5) is 13.4. The van der Waals surface area contributed by atoms with Gasteiger partial charge in [0, 0.05) is 27.2 Å². The van der Waals surface area contributed by atoms with Crippen LogP contribution in [0.5, 0.6) is 0 Å². The lowest BCUT2D eigenvalue weighted by Crippen LogP contribution is -2.44. The Balaban J connectivity index is 0.00000196. The van der Waals surface area contributed by atoms with Crippen LogP contribution in [0, 0.1) is 5.92 Å². The fourth-order valence-electron chi connectivity index (χ4n) is 1.70. The van der Waals surface area contributed by atoms with Gasteiger partial charge in [0.05, 0.1) is 0 Å². The van der Waals surface area contributed by atoms with E-state index < -0.39 is 6.10 Å². The quantitative estimate of drug-likeness (QED) is 0.762. The molecule has 2 N–H and O–H groups in total. The normalized spacial score (nSPS) is 17.5. The predicted molar refractivity (Wildman–Crippen MR) is 62.1 cm³/mol. The minimum atomic E-state index is -0.472. The number of carbonyl (C=O) groups excluding carboxylic acids is 1. The molecule has 1 fully saturated rings. The van der Waals surface area contributed by atoms with E-state index in [1.807, 2.05) is 7.05 Å². The molecule has 1 atom stereocenters. The van der Waals surface area contributed by atoms with Crippen molar-refractivity contribution < 1.29 is 9.53 Å². The van der Waals surface area contributed by atoms with E-state index in [4.69, 9.17) is 10.5 Å². The van der Waals surface area contributed by atoms with Gasteiger partial charge in [0.1, 0.15) is 6.10 Å². The molecule has 1 amide bonds. The molecule has 0 aliphatic heterocycles. The molecule has 4 nitrogen and oxygen atoms in total. The minimum absolute atomic E-state index is 0. The standard InChI is InChI=1S/C10H20N2O2.ClH/c1-12(7-8-4-3-5-8)10(13)9(6-11)14-2;/h8-9H,3-7,11H2,1-2H3;1H. The Hall–Kier alpha value is -0.320. The summed E-state index contributed by atoms with van der Waals surface area (Å²) >= 11 is 0. The van der Waals surface area contributed by atoms with Gasteiger partial charge in [-0.05, 0) is 18.8 Å². The van der Waals surface area contributed by atoms with Crippen molar-refractivity contribution in [1.82, 2.24) is 4.90 Å². The van der Waals surface area contributed by atoms with Gasteiger partial charge in [-0.1, -0.05) is 6.42 Å². The van der Waals surface area contributed by atoms with Gasteiger partial charge < -0.3 is 15.4 Å². The zero-order chi connectivity index (χ0) is 10.6. The molecule has 0 aromatic heterocycles. The Morgan fingerprint density at radius 3 is 2.53 bits per heavy atom. The number of hydrogen-bond donors (Lipinski definition) is 1. The van der Waals surface area contributed by atoms with Gasteiger partial charge in [0.15, 0.2) is 0 Å². The van der Waals surface area contributed by atoms with E-state index in [0.29, 0.717) is 5.92 Å². The Morgan fingerprint density at radius 1 is 1.60 bits per heavy atom. The summed E-state index contributed by atoms with van der Waals surface area (Å²) < 4.78 is 5.00. The molecule has 0 spiro atoms. The number of rotatable bonds is 5. The molecule has 1 rings (SSSR count). The molecule has 15 heavy (non-hydrogen) atoms. The lowest BCUT2D eigenvalue weighted by molar-refractivity contribution is -0.140. The van der Waals surface area contributed by atoms with Crippen LogP contribution in [0.4, 0.5) is 0 Å². The van der Waals surface area contributed by atoms with Crippen LogP contribution in [-0.2, 0) is 9.53 Å². The summed E-state index contributed by atoms with van der Waals surface area (Å²) in [5, 5.41) is 0.